The standard InChI is InChI=1S/C21H22N2O4S/c1-26-16-6-7-18-14(11-16)10-15(20(24)22-18)12-23(13-17-4-2-8-27-17)21(25)19-5-3-9-28-19/h3,5-7,9-11,17H,2,4,8,12-13H2,1H3,(H,22,24)/t17-/m0/s1. The number of H-pyrrole nitrogens is 1. The fourth-order valence-electron chi connectivity index (χ4n) is 3.49. The molecule has 0 saturated carbocycles. The molecule has 0 bridgehead atoms. The lowest BCUT2D eigenvalue weighted by atomic mass is 10.1. The van der Waals surface area contributed by atoms with E-state index < -0.39 is 0 Å². The molecule has 0 radical (unpaired) electrons. The second kappa shape index (κ2) is 8.16. The summed E-state index contributed by atoms with van der Waals surface area (Å²) in [6.45, 7) is 1.44. The predicted octanol–water partition coefficient (Wildman–Crippen LogP) is 3.42. The number of carbonyl (C=O) groups is 1. The monoisotopic (exact) mass is 398 g/mol. The number of hydrogen-bond donors (Lipinski definition) is 1. The molecule has 3 aromatic rings. The van der Waals surface area contributed by atoms with E-state index in [4.69, 9.17) is 9.47 Å². The molecule has 0 spiro atoms. The smallest absolute Gasteiger partial charge is 0.264 e. The van der Waals surface area contributed by atoms with Crippen molar-refractivity contribution in [2.24, 2.45) is 0 Å². The van der Waals surface area contributed by atoms with E-state index in [2.05, 4.69) is 4.98 Å². The van der Waals surface area contributed by atoms with Crippen molar-refractivity contribution in [1.82, 2.24) is 9.88 Å². The maximum absolute atomic E-state index is 13.0. The minimum atomic E-state index is -0.186. The van der Waals surface area contributed by atoms with Crippen molar-refractivity contribution in [2.45, 2.75) is 25.5 Å². The van der Waals surface area contributed by atoms with E-state index in [1.54, 1.807) is 12.0 Å². The number of fused-ring (bicyclic) bond motifs is 1. The summed E-state index contributed by atoms with van der Waals surface area (Å²) in [7, 11) is 1.61. The van der Waals surface area contributed by atoms with Crippen LogP contribution in [0, 0.1) is 0 Å². The molecule has 7 heteroatoms. The van der Waals surface area contributed by atoms with Crippen molar-refractivity contribution < 1.29 is 14.3 Å². The Morgan fingerprint density at radius 1 is 1.36 bits per heavy atom. The van der Waals surface area contributed by atoms with Crippen molar-refractivity contribution in [3.05, 3.63) is 62.6 Å². The third kappa shape index (κ3) is 3.95. The molecule has 4 rings (SSSR count). The Kier molecular flexibility index (Phi) is 5.45. The SMILES string of the molecule is COc1ccc2[nH]c(=O)c(CN(C[C@@H]3CCCO3)C(=O)c3cccs3)cc2c1. The number of nitrogens with one attached hydrogen (secondary N) is 1. The average molecular weight is 398 g/mol. The number of aromatic amines is 1. The number of nitrogens with zero attached hydrogens (tertiary/aromatic N) is 1. The minimum absolute atomic E-state index is 0.0172. The molecule has 1 saturated heterocycles. The highest BCUT2D eigenvalue weighted by Gasteiger charge is 2.25. The summed E-state index contributed by atoms with van der Waals surface area (Å²) >= 11 is 1.41. The Balaban J connectivity index is 1.65. The van der Waals surface area contributed by atoms with Gasteiger partial charge in [-0.3, -0.25) is 9.59 Å². The van der Waals surface area contributed by atoms with Gasteiger partial charge in [0, 0.05) is 29.6 Å². The van der Waals surface area contributed by atoms with E-state index in [9.17, 15) is 9.59 Å². The van der Waals surface area contributed by atoms with Crippen LogP contribution in [-0.4, -0.2) is 42.2 Å². The number of amides is 1. The molecule has 0 unspecified atom stereocenters. The van der Waals surface area contributed by atoms with Crippen molar-refractivity contribution in [3.63, 3.8) is 0 Å². The Morgan fingerprint density at radius 3 is 2.96 bits per heavy atom. The quantitative estimate of drug-likeness (QED) is 0.691. The number of rotatable bonds is 6. The van der Waals surface area contributed by atoms with Gasteiger partial charge in [0.1, 0.15) is 5.75 Å². The number of ether oxygens (including phenoxy) is 2. The third-order valence-electron chi connectivity index (χ3n) is 4.96. The molecule has 1 amide bonds. The first-order chi connectivity index (χ1) is 13.6. The predicted molar refractivity (Wildman–Crippen MR) is 109 cm³/mol. The number of hydrogen-bond acceptors (Lipinski definition) is 5. The summed E-state index contributed by atoms with van der Waals surface area (Å²) in [5.41, 5.74) is 1.10. The van der Waals surface area contributed by atoms with Crippen LogP contribution in [0.25, 0.3) is 10.9 Å². The second-order valence-corrected chi connectivity index (χ2v) is 7.82. The number of methoxy groups -OCH3 is 1. The first-order valence-corrected chi connectivity index (χ1v) is 10.2. The number of benzene rings is 1. The van der Waals surface area contributed by atoms with Gasteiger partial charge in [-0.05, 0) is 48.6 Å². The van der Waals surface area contributed by atoms with E-state index >= 15 is 0 Å². The van der Waals surface area contributed by atoms with Crippen LogP contribution in [0.1, 0.15) is 28.1 Å². The highest BCUT2D eigenvalue weighted by molar-refractivity contribution is 7.12. The summed E-state index contributed by atoms with van der Waals surface area (Å²) in [6, 6.07) is 11.0. The van der Waals surface area contributed by atoms with Gasteiger partial charge in [0.25, 0.3) is 11.5 Å². The van der Waals surface area contributed by atoms with Gasteiger partial charge in [-0.15, -0.1) is 11.3 Å². The molecule has 1 N–H and O–H groups in total. The fourth-order valence-corrected chi connectivity index (χ4v) is 4.18. The van der Waals surface area contributed by atoms with Crippen LogP contribution in [-0.2, 0) is 11.3 Å². The normalized spacial score (nSPS) is 16.4. The molecule has 28 heavy (non-hydrogen) atoms. The Morgan fingerprint density at radius 2 is 2.25 bits per heavy atom. The minimum Gasteiger partial charge on any atom is -0.497 e. The highest BCUT2D eigenvalue weighted by Crippen LogP contribution is 2.21. The number of pyridine rings is 1. The van der Waals surface area contributed by atoms with Gasteiger partial charge in [-0.2, -0.15) is 0 Å². The van der Waals surface area contributed by atoms with E-state index in [0.717, 1.165) is 36.1 Å². The first-order valence-electron chi connectivity index (χ1n) is 9.28. The molecule has 1 fully saturated rings. The van der Waals surface area contributed by atoms with E-state index in [1.165, 1.54) is 11.3 Å². The summed E-state index contributed by atoms with van der Waals surface area (Å²) in [4.78, 5) is 30.9. The Labute approximate surface area is 166 Å². The van der Waals surface area contributed by atoms with Crippen LogP contribution in [0.4, 0.5) is 0 Å². The zero-order valence-electron chi connectivity index (χ0n) is 15.6. The first kappa shape index (κ1) is 18.7. The second-order valence-electron chi connectivity index (χ2n) is 6.87. The van der Waals surface area contributed by atoms with Gasteiger partial charge < -0.3 is 19.4 Å². The van der Waals surface area contributed by atoms with Gasteiger partial charge in [-0.25, -0.2) is 0 Å². The molecular weight excluding hydrogens is 376 g/mol. The zero-order valence-corrected chi connectivity index (χ0v) is 16.5. The molecule has 6 nitrogen and oxygen atoms in total. The molecule has 1 atom stereocenters. The van der Waals surface area contributed by atoms with Crippen LogP contribution in [0.2, 0.25) is 0 Å². The topological polar surface area (TPSA) is 71.6 Å². The van der Waals surface area contributed by atoms with Crippen LogP contribution in [0.15, 0.2) is 46.6 Å². The van der Waals surface area contributed by atoms with Gasteiger partial charge in [-0.1, -0.05) is 6.07 Å². The van der Waals surface area contributed by atoms with Gasteiger partial charge >= 0.3 is 0 Å². The van der Waals surface area contributed by atoms with Crippen molar-refractivity contribution in [3.8, 4) is 5.75 Å². The molecule has 2 aromatic heterocycles. The van der Waals surface area contributed by atoms with Gasteiger partial charge in [0.2, 0.25) is 0 Å². The lowest BCUT2D eigenvalue weighted by Gasteiger charge is -2.25. The van der Waals surface area contributed by atoms with Crippen LogP contribution < -0.4 is 10.3 Å². The largest absolute Gasteiger partial charge is 0.497 e. The van der Waals surface area contributed by atoms with Crippen LogP contribution in [0.5, 0.6) is 5.75 Å². The average Bonchev–Trinajstić information content (AvgIpc) is 3.41. The summed E-state index contributed by atoms with van der Waals surface area (Å²) < 4.78 is 11.0. The summed E-state index contributed by atoms with van der Waals surface area (Å²) in [5, 5.41) is 2.75. The maximum atomic E-state index is 13.0. The summed E-state index contributed by atoms with van der Waals surface area (Å²) in [6.07, 6.45) is 1.95. The van der Waals surface area contributed by atoms with Crippen molar-refractivity contribution >= 4 is 28.1 Å². The fraction of sp³-hybridized carbons (Fsp3) is 0.333. The van der Waals surface area contributed by atoms with E-state index in [0.29, 0.717) is 17.0 Å². The molecule has 1 aliphatic heterocycles. The van der Waals surface area contributed by atoms with Crippen LogP contribution >= 0.6 is 11.3 Å². The molecule has 146 valence electrons. The Hall–Kier alpha value is -2.64. The number of thiophene rings is 1. The number of carbonyl (C=O) groups excluding carboxylic acids is 1. The molecule has 3 heterocycles. The maximum Gasteiger partial charge on any atom is 0.264 e. The summed E-state index contributed by atoms with van der Waals surface area (Å²) in [5.74, 6) is 0.645. The molecular formula is C21H22N2O4S. The van der Waals surface area contributed by atoms with E-state index in [-0.39, 0.29) is 24.1 Å². The van der Waals surface area contributed by atoms with Crippen molar-refractivity contribution in [1.29, 1.82) is 0 Å². The zero-order chi connectivity index (χ0) is 19.5. The highest BCUT2D eigenvalue weighted by atomic mass is 32.1. The third-order valence-corrected chi connectivity index (χ3v) is 5.81. The lowest BCUT2D eigenvalue weighted by molar-refractivity contribution is 0.0510. The molecule has 0 aliphatic carbocycles. The Bertz CT molecular complexity index is 1020. The van der Waals surface area contributed by atoms with Gasteiger partial charge in [0.05, 0.1) is 24.6 Å². The lowest BCUT2D eigenvalue weighted by Crippen LogP contribution is -2.38. The number of aromatic nitrogens is 1. The molecule has 1 aromatic carbocycles. The van der Waals surface area contributed by atoms with E-state index in [1.807, 2.05) is 41.8 Å². The molecule has 1 aliphatic rings. The van der Waals surface area contributed by atoms with Gasteiger partial charge in [0.15, 0.2) is 0 Å². The van der Waals surface area contributed by atoms with Crippen LogP contribution in [0.3, 0.4) is 0 Å². The van der Waals surface area contributed by atoms with Crippen molar-refractivity contribution in [2.75, 3.05) is 20.3 Å².